The SMILES string of the molecule is CC(C(C(=O)O)C(CC(C)(C)C)(CC(C)(C)C)C(=O)O)C(F)(F)F. The highest BCUT2D eigenvalue weighted by Crippen LogP contribution is 2.52. The molecule has 2 N–H and O–H groups in total. The Kier molecular flexibility index (Phi) is 6.56. The van der Waals surface area contributed by atoms with Crippen LogP contribution < -0.4 is 0 Å². The smallest absolute Gasteiger partial charge is 0.392 e. The molecule has 0 saturated carbocycles. The van der Waals surface area contributed by atoms with Crippen molar-refractivity contribution in [1.29, 1.82) is 0 Å². The normalized spacial score (nSPS) is 16.6. The van der Waals surface area contributed by atoms with Crippen LogP contribution in [0.2, 0.25) is 0 Å². The maximum atomic E-state index is 13.3. The van der Waals surface area contributed by atoms with E-state index >= 15 is 0 Å². The van der Waals surface area contributed by atoms with Crippen molar-refractivity contribution in [3.05, 3.63) is 0 Å². The molecule has 0 radical (unpaired) electrons. The number of halogens is 3. The van der Waals surface area contributed by atoms with Crippen LogP contribution in [-0.4, -0.2) is 28.3 Å². The van der Waals surface area contributed by atoms with Gasteiger partial charge in [0.25, 0.3) is 0 Å². The van der Waals surface area contributed by atoms with Crippen LogP contribution >= 0.6 is 0 Å². The molecule has 2 unspecified atom stereocenters. The van der Waals surface area contributed by atoms with E-state index in [1.165, 1.54) is 0 Å². The average Bonchev–Trinajstić information content (AvgIpc) is 2.21. The molecule has 0 heterocycles. The Morgan fingerprint density at radius 2 is 1.21 bits per heavy atom. The molecule has 2 atom stereocenters. The number of hydrogen-bond acceptors (Lipinski definition) is 2. The molecule has 0 saturated heterocycles. The van der Waals surface area contributed by atoms with Crippen LogP contribution in [0.4, 0.5) is 13.2 Å². The number of carboxylic acids is 2. The Morgan fingerprint density at radius 3 is 1.38 bits per heavy atom. The van der Waals surface area contributed by atoms with E-state index in [2.05, 4.69) is 0 Å². The third-order valence-electron chi connectivity index (χ3n) is 4.00. The molecular weight excluding hydrogens is 325 g/mol. The van der Waals surface area contributed by atoms with E-state index in [0.29, 0.717) is 0 Å². The summed E-state index contributed by atoms with van der Waals surface area (Å²) in [4.78, 5) is 23.9. The molecule has 0 aromatic carbocycles. The quantitative estimate of drug-likeness (QED) is 0.716. The minimum Gasteiger partial charge on any atom is -0.481 e. The van der Waals surface area contributed by atoms with Crippen LogP contribution in [0.15, 0.2) is 0 Å². The maximum absolute atomic E-state index is 13.3. The molecule has 0 aliphatic heterocycles. The topological polar surface area (TPSA) is 74.6 Å². The molecule has 0 rings (SSSR count). The van der Waals surface area contributed by atoms with E-state index in [-0.39, 0.29) is 12.8 Å². The summed E-state index contributed by atoms with van der Waals surface area (Å²) in [5.41, 5.74) is -3.32. The molecule has 0 aliphatic rings. The lowest BCUT2D eigenvalue weighted by atomic mass is 9.57. The van der Waals surface area contributed by atoms with Crippen LogP contribution in [0.1, 0.15) is 61.3 Å². The first-order chi connectivity index (χ1) is 10.3. The van der Waals surface area contributed by atoms with Crippen molar-refractivity contribution >= 4 is 11.9 Å². The zero-order valence-corrected chi connectivity index (χ0v) is 15.4. The number of rotatable bonds is 6. The van der Waals surface area contributed by atoms with Crippen molar-refractivity contribution in [2.24, 2.45) is 28.1 Å². The fraction of sp³-hybridized carbons (Fsp3) is 0.882. The first kappa shape index (κ1) is 22.7. The summed E-state index contributed by atoms with van der Waals surface area (Å²) in [6.45, 7) is 10.9. The Morgan fingerprint density at radius 1 is 0.875 bits per heavy atom. The molecule has 0 fully saturated rings. The Labute approximate surface area is 141 Å². The van der Waals surface area contributed by atoms with E-state index in [1.807, 2.05) is 0 Å². The van der Waals surface area contributed by atoms with Gasteiger partial charge in [0.2, 0.25) is 0 Å². The monoisotopic (exact) mass is 354 g/mol. The molecule has 0 bridgehead atoms. The van der Waals surface area contributed by atoms with Gasteiger partial charge in [-0.05, 0) is 23.7 Å². The third-order valence-corrected chi connectivity index (χ3v) is 4.00. The lowest BCUT2D eigenvalue weighted by Crippen LogP contribution is -2.52. The fourth-order valence-electron chi connectivity index (χ4n) is 3.58. The number of carbonyl (C=O) groups is 2. The molecule has 0 amide bonds. The average molecular weight is 354 g/mol. The van der Waals surface area contributed by atoms with E-state index in [1.54, 1.807) is 41.5 Å². The van der Waals surface area contributed by atoms with Crippen LogP contribution in [0.25, 0.3) is 0 Å². The number of aliphatic carboxylic acids is 2. The highest BCUT2D eigenvalue weighted by Gasteiger charge is 2.59. The summed E-state index contributed by atoms with van der Waals surface area (Å²) in [5, 5.41) is 19.4. The molecule has 0 aromatic heterocycles. The van der Waals surface area contributed by atoms with Crippen molar-refractivity contribution in [3.63, 3.8) is 0 Å². The van der Waals surface area contributed by atoms with Crippen molar-refractivity contribution < 1.29 is 33.0 Å². The summed E-state index contributed by atoms with van der Waals surface area (Å²) in [6, 6.07) is 0. The van der Waals surface area contributed by atoms with Crippen LogP contribution in [0, 0.1) is 28.1 Å². The summed E-state index contributed by atoms with van der Waals surface area (Å²) in [5.74, 6) is -7.55. The van der Waals surface area contributed by atoms with Gasteiger partial charge in [0, 0.05) is 0 Å². The number of hydrogen-bond donors (Lipinski definition) is 2. The second-order valence-electron chi connectivity index (χ2n) is 9.08. The second-order valence-corrected chi connectivity index (χ2v) is 9.08. The Balaban J connectivity index is 6.49. The van der Waals surface area contributed by atoms with Gasteiger partial charge in [-0.2, -0.15) is 13.2 Å². The van der Waals surface area contributed by atoms with Gasteiger partial charge in [0.1, 0.15) is 0 Å². The summed E-state index contributed by atoms with van der Waals surface area (Å²) < 4.78 is 39.8. The van der Waals surface area contributed by atoms with Gasteiger partial charge >= 0.3 is 18.1 Å². The van der Waals surface area contributed by atoms with Gasteiger partial charge in [0.15, 0.2) is 0 Å². The molecule has 24 heavy (non-hydrogen) atoms. The van der Waals surface area contributed by atoms with E-state index in [0.717, 1.165) is 6.92 Å². The second kappa shape index (κ2) is 6.92. The highest BCUT2D eigenvalue weighted by molar-refractivity contribution is 5.84. The Hall–Kier alpha value is -1.27. The van der Waals surface area contributed by atoms with E-state index in [9.17, 15) is 33.0 Å². The first-order valence-electron chi connectivity index (χ1n) is 7.86. The standard InChI is InChI=1S/C17H29F3O4/c1-10(17(18,19)20)11(12(21)22)16(13(23)24,8-14(2,3)4)9-15(5,6)7/h10-11H,8-9H2,1-7H3,(H,21,22)(H,23,24). The van der Waals surface area contributed by atoms with Gasteiger partial charge in [-0.25, -0.2) is 0 Å². The summed E-state index contributed by atoms with van der Waals surface area (Å²) in [6.07, 6.45) is -5.12. The number of alkyl halides is 3. The molecule has 0 aliphatic carbocycles. The Bertz CT molecular complexity index is 454. The van der Waals surface area contributed by atoms with Crippen LogP contribution in [-0.2, 0) is 9.59 Å². The molecule has 142 valence electrons. The van der Waals surface area contributed by atoms with E-state index < -0.39 is 46.2 Å². The zero-order chi connectivity index (χ0) is 19.7. The predicted octanol–water partition coefficient (Wildman–Crippen LogP) is 4.83. The largest absolute Gasteiger partial charge is 0.481 e. The molecule has 7 heteroatoms. The predicted molar refractivity (Wildman–Crippen MR) is 84.6 cm³/mol. The van der Waals surface area contributed by atoms with Crippen molar-refractivity contribution in [2.75, 3.05) is 0 Å². The summed E-state index contributed by atoms with van der Waals surface area (Å²) in [7, 11) is 0. The maximum Gasteiger partial charge on any atom is 0.392 e. The fourth-order valence-corrected chi connectivity index (χ4v) is 3.58. The molecule has 0 spiro atoms. The van der Waals surface area contributed by atoms with Crippen LogP contribution in [0.5, 0.6) is 0 Å². The summed E-state index contributed by atoms with van der Waals surface area (Å²) >= 11 is 0. The molecular formula is C17H29F3O4. The van der Waals surface area contributed by atoms with Gasteiger partial charge < -0.3 is 10.2 Å². The minimum absolute atomic E-state index is 0.163. The lowest BCUT2D eigenvalue weighted by Gasteiger charge is -2.45. The van der Waals surface area contributed by atoms with Gasteiger partial charge in [0.05, 0.1) is 17.3 Å². The van der Waals surface area contributed by atoms with Crippen molar-refractivity contribution in [3.8, 4) is 0 Å². The van der Waals surface area contributed by atoms with Crippen LogP contribution in [0.3, 0.4) is 0 Å². The van der Waals surface area contributed by atoms with Crippen molar-refractivity contribution in [2.45, 2.75) is 67.5 Å². The van der Waals surface area contributed by atoms with Gasteiger partial charge in [-0.15, -0.1) is 0 Å². The first-order valence-corrected chi connectivity index (χ1v) is 7.86. The zero-order valence-electron chi connectivity index (χ0n) is 15.4. The number of carboxylic acid groups (broad SMARTS) is 2. The lowest BCUT2D eigenvalue weighted by molar-refractivity contribution is -0.212. The molecule has 4 nitrogen and oxygen atoms in total. The third kappa shape index (κ3) is 5.98. The van der Waals surface area contributed by atoms with E-state index in [4.69, 9.17) is 0 Å². The van der Waals surface area contributed by atoms with Gasteiger partial charge in [-0.3, -0.25) is 9.59 Å². The highest BCUT2D eigenvalue weighted by atomic mass is 19.4. The van der Waals surface area contributed by atoms with Crippen molar-refractivity contribution in [1.82, 2.24) is 0 Å². The minimum atomic E-state index is -4.79. The molecule has 0 aromatic rings. The van der Waals surface area contributed by atoms with Gasteiger partial charge in [-0.1, -0.05) is 48.5 Å².